The van der Waals surface area contributed by atoms with Crippen LogP contribution in [-0.4, -0.2) is 33.6 Å². The van der Waals surface area contributed by atoms with E-state index in [-0.39, 0.29) is 6.03 Å². The van der Waals surface area contributed by atoms with Crippen molar-refractivity contribution in [3.8, 4) is 6.07 Å². The number of amides is 1. The Morgan fingerprint density at radius 1 is 1.38 bits per heavy atom. The largest absolute Gasteiger partial charge is 0.415 e. The zero-order valence-electron chi connectivity index (χ0n) is 13.3. The minimum atomic E-state index is -0.0437. The van der Waals surface area contributed by atoms with Crippen molar-refractivity contribution in [3.05, 3.63) is 53.3 Å². The van der Waals surface area contributed by atoms with E-state index in [1.165, 1.54) is 0 Å². The molecule has 3 rings (SSSR count). The molecule has 1 fully saturated rings. The first-order chi connectivity index (χ1) is 11.6. The number of aromatic nitrogens is 3. The van der Waals surface area contributed by atoms with Crippen LogP contribution in [0.3, 0.4) is 0 Å². The van der Waals surface area contributed by atoms with Crippen LogP contribution in [0.4, 0.5) is 4.79 Å². The van der Waals surface area contributed by atoms with Crippen molar-refractivity contribution in [1.29, 1.82) is 5.26 Å². The normalized spacial score (nSPS) is 14.4. The zero-order chi connectivity index (χ0) is 17.1. The third-order valence-corrected chi connectivity index (χ3v) is 4.30. The molecule has 1 aliphatic heterocycles. The topological polar surface area (TPSA) is 65.8 Å². The molecule has 0 aliphatic carbocycles. The fourth-order valence-electron chi connectivity index (χ4n) is 2.79. The molecule has 1 amide bonds. The maximum atomic E-state index is 12.4. The summed E-state index contributed by atoms with van der Waals surface area (Å²) in [5.74, 6) is 0. The average molecular weight is 343 g/mol. The van der Waals surface area contributed by atoms with Gasteiger partial charge in [-0.2, -0.15) is 9.83 Å². The second kappa shape index (κ2) is 6.85. The lowest BCUT2D eigenvalue weighted by atomic mass is 9.96. The molecular formula is C17H17ClN5O+. The predicted molar refractivity (Wildman–Crippen MR) is 89.0 cm³/mol. The number of carbonyl (C=O) groups excluding carboxylic acids is 1. The molecule has 6 nitrogen and oxygen atoms in total. The first-order valence-electron chi connectivity index (χ1n) is 7.65. The Morgan fingerprint density at radius 2 is 2.12 bits per heavy atom. The molecule has 7 heteroatoms. The number of rotatable bonds is 1. The van der Waals surface area contributed by atoms with Crippen LogP contribution >= 0.6 is 11.6 Å². The van der Waals surface area contributed by atoms with Crippen LogP contribution in [0.1, 0.15) is 18.5 Å². The standard InChI is InChI=1S/C17H17ClN5O/c1-21-8-9-23(12-21)17(24)22-6-4-13(5-7-22)15(10-19)16-3-2-14(18)11-20-16/h2-3,8-9,11-12H,4-7H2,1H3/q+1. The highest BCUT2D eigenvalue weighted by molar-refractivity contribution is 6.30. The van der Waals surface area contributed by atoms with Crippen LogP contribution in [-0.2, 0) is 7.05 Å². The molecule has 1 saturated heterocycles. The zero-order valence-corrected chi connectivity index (χ0v) is 14.1. The quantitative estimate of drug-likeness (QED) is 0.590. The minimum Gasteiger partial charge on any atom is -0.304 e. The maximum absolute atomic E-state index is 12.4. The molecule has 0 unspecified atom stereocenters. The summed E-state index contributed by atoms with van der Waals surface area (Å²) in [6.07, 6.45) is 8.20. The molecule has 122 valence electrons. The number of halogens is 1. The number of allylic oxidation sites excluding steroid dienone is 1. The number of hydrogen-bond donors (Lipinski definition) is 0. The van der Waals surface area contributed by atoms with E-state index in [1.807, 2.05) is 17.8 Å². The Kier molecular flexibility index (Phi) is 4.63. The van der Waals surface area contributed by atoms with E-state index in [2.05, 4.69) is 11.1 Å². The molecule has 1 aliphatic rings. The van der Waals surface area contributed by atoms with Gasteiger partial charge in [0.25, 0.3) is 6.33 Å². The van der Waals surface area contributed by atoms with Gasteiger partial charge in [-0.05, 0) is 30.5 Å². The molecule has 24 heavy (non-hydrogen) atoms. The van der Waals surface area contributed by atoms with E-state index < -0.39 is 0 Å². The summed E-state index contributed by atoms with van der Waals surface area (Å²) < 4.78 is 3.40. The van der Waals surface area contributed by atoms with Gasteiger partial charge in [0.2, 0.25) is 0 Å². The Bertz CT molecular complexity index is 821. The monoisotopic (exact) mass is 342 g/mol. The second-order valence-corrected chi connectivity index (χ2v) is 6.14. The smallest absolute Gasteiger partial charge is 0.304 e. The summed E-state index contributed by atoms with van der Waals surface area (Å²) in [5.41, 5.74) is 2.26. The molecule has 0 radical (unpaired) electrons. The number of imidazole rings is 1. The van der Waals surface area contributed by atoms with Gasteiger partial charge in [0.1, 0.15) is 18.5 Å². The van der Waals surface area contributed by atoms with Crippen LogP contribution in [0.15, 0.2) is 42.6 Å². The Labute approximate surface area is 145 Å². The van der Waals surface area contributed by atoms with Gasteiger partial charge >= 0.3 is 6.03 Å². The van der Waals surface area contributed by atoms with E-state index >= 15 is 0 Å². The first kappa shape index (κ1) is 16.2. The van der Waals surface area contributed by atoms with Gasteiger partial charge in [-0.1, -0.05) is 11.6 Å². The Balaban J connectivity index is 1.74. The van der Waals surface area contributed by atoms with Gasteiger partial charge in [-0.25, -0.2) is 9.36 Å². The Morgan fingerprint density at radius 3 is 2.67 bits per heavy atom. The summed E-state index contributed by atoms with van der Waals surface area (Å²) in [5, 5.41) is 10.0. The number of pyridine rings is 1. The fourth-order valence-corrected chi connectivity index (χ4v) is 2.90. The summed E-state index contributed by atoms with van der Waals surface area (Å²) in [4.78, 5) is 18.5. The van der Waals surface area contributed by atoms with Crippen LogP contribution in [0.5, 0.6) is 0 Å². The third kappa shape index (κ3) is 3.31. The summed E-state index contributed by atoms with van der Waals surface area (Å²) in [6, 6.07) is 5.69. The average Bonchev–Trinajstić information content (AvgIpc) is 3.04. The van der Waals surface area contributed by atoms with Gasteiger partial charge in [-0.3, -0.25) is 4.98 Å². The van der Waals surface area contributed by atoms with Crippen molar-refractivity contribution < 1.29 is 9.36 Å². The molecule has 3 heterocycles. The number of nitrogens with zero attached hydrogens (tertiary/aromatic N) is 5. The molecular weight excluding hydrogens is 326 g/mol. The molecule has 0 bridgehead atoms. The molecule has 2 aromatic rings. The van der Waals surface area contributed by atoms with Crippen LogP contribution in [0.2, 0.25) is 5.02 Å². The highest BCUT2D eigenvalue weighted by Gasteiger charge is 2.25. The molecule has 0 aromatic carbocycles. The molecule has 0 saturated carbocycles. The first-order valence-corrected chi connectivity index (χ1v) is 8.03. The minimum absolute atomic E-state index is 0.0437. The predicted octanol–water partition coefficient (Wildman–Crippen LogP) is 2.40. The lowest BCUT2D eigenvalue weighted by Crippen LogP contribution is -2.39. The molecule has 0 spiro atoms. The van der Waals surface area contributed by atoms with Crippen molar-refractivity contribution in [1.82, 2.24) is 14.5 Å². The summed E-state index contributed by atoms with van der Waals surface area (Å²) in [6.45, 7) is 1.18. The van der Waals surface area contributed by atoms with Gasteiger partial charge < -0.3 is 4.90 Å². The van der Waals surface area contributed by atoms with Gasteiger partial charge in [0.15, 0.2) is 0 Å². The Hall–Kier alpha value is -2.65. The van der Waals surface area contributed by atoms with Gasteiger partial charge in [-0.15, -0.1) is 0 Å². The molecule has 0 atom stereocenters. The fraction of sp³-hybridized carbons (Fsp3) is 0.294. The summed E-state index contributed by atoms with van der Waals surface area (Å²) >= 11 is 5.85. The van der Waals surface area contributed by atoms with E-state index in [0.717, 1.165) is 5.57 Å². The third-order valence-electron chi connectivity index (χ3n) is 4.08. The van der Waals surface area contributed by atoms with E-state index in [9.17, 15) is 10.1 Å². The van der Waals surface area contributed by atoms with Gasteiger partial charge in [0, 0.05) is 19.3 Å². The lowest BCUT2D eigenvalue weighted by Gasteiger charge is -2.27. The SMILES string of the molecule is C[n+]1ccn(C(=O)N2CCC(=C(C#N)c3ccc(Cl)cn3)CC2)c1. The maximum Gasteiger partial charge on any atom is 0.415 e. The highest BCUT2D eigenvalue weighted by Crippen LogP contribution is 2.26. The van der Waals surface area contributed by atoms with Crippen molar-refractivity contribution in [2.24, 2.45) is 7.05 Å². The highest BCUT2D eigenvalue weighted by atomic mass is 35.5. The number of carbonyl (C=O) groups is 1. The van der Waals surface area contributed by atoms with Crippen LogP contribution in [0.25, 0.3) is 5.57 Å². The number of aryl methyl sites for hydroxylation is 1. The number of nitriles is 1. The van der Waals surface area contributed by atoms with Gasteiger partial charge in [0.05, 0.1) is 23.3 Å². The number of piperidine rings is 1. The van der Waals surface area contributed by atoms with E-state index in [1.54, 1.807) is 40.3 Å². The van der Waals surface area contributed by atoms with E-state index in [0.29, 0.717) is 42.2 Å². The van der Waals surface area contributed by atoms with Crippen LogP contribution < -0.4 is 4.57 Å². The molecule has 0 N–H and O–H groups in total. The van der Waals surface area contributed by atoms with Crippen molar-refractivity contribution >= 4 is 23.2 Å². The van der Waals surface area contributed by atoms with Crippen LogP contribution in [0, 0.1) is 11.3 Å². The molecule has 2 aromatic heterocycles. The number of likely N-dealkylation sites (tertiary alicyclic amines) is 1. The van der Waals surface area contributed by atoms with Crippen molar-refractivity contribution in [3.63, 3.8) is 0 Å². The van der Waals surface area contributed by atoms with E-state index in [4.69, 9.17) is 11.6 Å². The van der Waals surface area contributed by atoms with Crippen molar-refractivity contribution in [2.75, 3.05) is 13.1 Å². The summed E-state index contributed by atoms with van der Waals surface area (Å²) in [7, 11) is 1.87. The lowest BCUT2D eigenvalue weighted by molar-refractivity contribution is -0.670. The van der Waals surface area contributed by atoms with Crippen molar-refractivity contribution in [2.45, 2.75) is 12.8 Å². The number of hydrogen-bond acceptors (Lipinski definition) is 3. The second-order valence-electron chi connectivity index (χ2n) is 5.71.